The van der Waals surface area contributed by atoms with Gasteiger partial charge in [0.1, 0.15) is 30.4 Å². The van der Waals surface area contributed by atoms with Gasteiger partial charge in [0.2, 0.25) is 0 Å². The molecule has 0 saturated heterocycles. The van der Waals surface area contributed by atoms with Crippen LogP contribution in [0.15, 0.2) is 59.9 Å². The molecule has 11 heteroatoms. The summed E-state index contributed by atoms with van der Waals surface area (Å²) in [7, 11) is 0. The molecule has 3 heterocycles. The van der Waals surface area contributed by atoms with Crippen LogP contribution >= 0.6 is 11.6 Å². The van der Waals surface area contributed by atoms with E-state index in [1.54, 1.807) is 36.4 Å². The van der Waals surface area contributed by atoms with Gasteiger partial charge < -0.3 is 10.4 Å². The van der Waals surface area contributed by atoms with Crippen molar-refractivity contribution in [2.45, 2.75) is 13.1 Å². The van der Waals surface area contributed by atoms with E-state index in [9.17, 15) is 19.5 Å². The van der Waals surface area contributed by atoms with Gasteiger partial charge in [0.05, 0.1) is 0 Å². The maximum Gasteiger partial charge on any atom is 0.323 e. The average molecular weight is 439 g/mol. The topological polar surface area (TPSA) is 132 Å². The Labute approximate surface area is 179 Å². The highest BCUT2D eigenvalue weighted by Gasteiger charge is 2.18. The average Bonchev–Trinajstić information content (AvgIpc) is 3.29. The van der Waals surface area contributed by atoms with Gasteiger partial charge in [-0.1, -0.05) is 23.7 Å². The Morgan fingerprint density at radius 3 is 2.58 bits per heavy atom. The number of fused-ring (bicyclic) bond motifs is 1. The molecule has 0 saturated carbocycles. The van der Waals surface area contributed by atoms with E-state index >= 15 is 0 Å². The van der Waals surface area contributed by atoms with Crippen LogP contribution in [0, 0.1) is 0 Å². The first-order chi connectivity index (χ1) is 14.9. The van der Waals surface area contributed by atoms with Gasteiger partial charge in [-0.25, -0.2) is 14.6 Å². The van der Waals surface area contributed by atoms with Crippen molar-refractivity contribution in [2.75, 3.05) is 0 Å². The first kappa shape index (κ1) is 20.2. The maximum absolute atomic E-state index is 13.0. The second kappa shape index (κ2) is 8.36. The van der Waals surface area contributed by atoms with E-state index in [0.717, 1.165) is 10.1 Å². The fourth-order valence-electron chi connectivity index (χ4n) is 3.02. The summed E-state index contributed by atoms with van der Waals surface area (Å²) in [6.07, 6.45) is 2.75. The summed E-state index contributed by atoms with van der Waals surface area (Å²) in [5.74, 6) is -1.51. The van der Waals surface area contributed by atoms with E-state index in [1.807, 2.05) is 0 Å². The second-order valence-electron chi connectivity index (χ2n) is 6.57. The number of aromatic nitrogens is 5. The predicted molar refractivity (Wildman–Crippen MR) is 111 cm³/mol. The van der Waals surface area contributed by atoms with Crippen LogP contribution in [-0.2, 0) is 17.9 Å². The molecule has 3 aromatic heterocycles. The minimum Gasteiger partial charge on any atom is -0.480 e. The van der Waals surface area contributed by atoms with Crippen LogP contribution in [0.3, 0.4) is 0 Å². The number of halogens is 1. The molecule has 0 bridgehead atoms. The molecule has 156 valence electrons. The van der Waals surface area contributed by atoms with Crippen molar-refractivity contribution in [3.63, 3.8) is 0 Å². The Morgan fingerprint density at radius 2 is 1.90 bits per heavy atom. The zero-order valence-electron chi connectivity index (χ0n) is 15.9. The summed E-state index contributed by atoms with van der Waals surface area (Å²) in [5, 5.41) is 16.9. The van der Waals surface area contributed by atoms with Crippen LogP contribution < -0.4 is 10.9 Å². The summed E-state index contributed by atoms with van der Waals surface area (Å²) in [6.45, 7) is -0.475. The Kier molecular flexibility index (Phi) is 5.46. The van der Waals surface area contributed by atoms with E-state index in [1.165, 1.54) is 23.4 Å². The number of pyridine rings is 2. The summed E-state index contributed by atoms with van der Waals surface area (Å²) >= 11 is 5.85. The second-order valence-corrected chi connectivity index (χ2v) is 7.01. The molecule has 0 fully saturated rings. The number of nitrogens with zero attached hydrogens (tertiary/aromatic N) is 5. The number of hydrogen-bond donors (Lipinski definition) is 2. The smallest absolute Gasteiger partial charge is 0.323 e. The van der Waals surface area contributed by atoms with Gasteiger partial charge in [-0.15, -0.1) is 0 Å². The first-order valence-corrected chi connectivity index (χ1v) is 9.44. The quantitative estimate of drug-likeness (QED) is 0.467. The Hall–Kier alpha value is -4.05. The summed E-state index contributed by atoms with van der Waals surface area (Å²) in [5.41, 5.74) is -0.0250. The molecule has 0 aliphatic carbocycles. The lowest BCUT2D eigenvalue weighted by Gasteiger charge is -2.12. The van der Waals surface area contributed by atoms with E-state index < -0.39 is 24.0 Å². The molecule has 1 aromatic carbocycles. The number of carbonyl (C=O) groups excluding carboxylic acids is 1. The van der Waals surface area contributed by atoms with E-state index in [4.69, 9.17) is 11.6 Å². The van der Waals surface area contributed by atoms with Gasteiger partial charge in [-0.3, -0.25) is 19.0 Å². The number of nitrogens with one attached hydrogen (secondary N) is 1. The van der Waals surface area contributed by atoms with Gasteiger partial charge >= 0.3 is 5.97 Å². The molecule has 2 N–H and O–H groups in total. The molecule has 0 spiro atoms. The fraction of sp³-hybridized carbons (Fsp3) is 0.100. The van der Waals surface area contributed by atoms with Crippen LogP contribution in [-0.4, -0.2) is 41.3 Å². The largest absolute Gasteiger partial charge is 0.480 e. The van der Waals surface area contributed by atoms with Gasteiger partial charge in [-0.2, -0.15) is 5.10 Å². The first-order valence-electron chi connectivity index (χ1n) is 9.06. The number of carboxylic acids is 1. The third-order valence-electron chi connectivity index (χ3n) is 4.48. The zero-order valence-corrected chi connectivity index (χ0v) is 16.7. The van der Waals surface area contributed by atoms with Crippen molar-refractivity contribution >= 4 is 34.5 Å². The van der Waals surface area contributed by atoms with Crippen LogP contribution in [0.1, 0.15) is 15.9 Å². The number of amides is 1. The Balaban J connectivity index is 1.73. The molecular formula is C20H15ClN6O4. The molecule has 0 aliphatic rings. The van der Waals surface area contributed by atoms with Crippen LogP contribution in [0.2, 0.25) is 5.02 Å². The number of benzene rings is 1. The number of rotatable bonds is 6. The van der Waals surface area contributed by atoms with Crippen LogP contribution in [0.5, 0.6) is 0 Å². The molecule has 4 aromatic rings. The Morgan fingerprint density at radius 1 is 1.13 bits per heavy atom. The number of aliphatic carboxylic acids is 1. The summed E-state index contributed by atoms with van der Waals surface area (Å²) < 4.78 is 2.33. The van der Waals surface area contributed by atoms with E-state index in [-0.39, 0.29) is 17.8 Å². The molecule has 4 rings (SSSR count). The predicted octanol–water partition coefficient (Wildman–Crippen LogP) is 1.65. The van der Waals surface area contributed by atoms with Gasteiger partial charge in [-0.05, 0) is 35.9 Å². The van der Waals surface area contributed by atoms with Crippen molar-refractivity contribution in [3.05, 3.63) is 81.6 Å². The molecule has 0 unspecified atom stereocenters. The monoisotopic (exact) mass is 438 g/mol. The van der Waals surface area contributed by atoms with Crippen molar-refractivity contribution in [3.8, 4) is 5.82 Å². The van der Waals surface area contributed by atoms with Crippen molar-refractivity contribution in [2.24, 2.45) is 0 Å². The Bertz CT molecular complexity index is 1330. The highest BCUT2D eigenvalue weighted by atomic mass is 35.5. The van der Waals surface area contributed by atoms with Gasteiger partial charge in [0.15, 0.2) is 5.82 Å². The fourth-order valence-corrected chi connectivity index (χ4v) is 3.14. The van der Waals surface area contributed by atoms with Crippen molar-refractivity contribution in [1.82, 2.24) is 29.6 Å². The summed E-state index contributed by atoms with van der Waals surface area (Å²) in [4.78, 5) is 45.2. The SMILES string of the molecule is O=C(O)Cn1c(=O)c(C(=O)NCc2ccc(Cl)cc2)cc2ccc(-n3cncn3)nc21. The molecule has 0 radical (unpaired) electrons. The number of carbonyl (C=O) groups is 2. The molecule has 0 aliphatic heterocycles. The van der Waals surface area contributed by atoms with Crippen molar-refractivity contribution in [1.29, 1.82) is 0 Å². The van der Waals surface area contributed by atoms with Crippen LogP contribution in [0.25, 0.3) is 16.9 Å². The zero-order chi connectivity index (χ0) is 22.0. The lowest BCUT2D eigenvalue weighted by Crippen LogP contribution is -2.34. The minimum atomic E-state index is -1.24. The van der Waals surface area contributed by atoms with E-state index in [2.05, 4.69) is 20.4 Å². The maximum atomic E-state index is 13.0. The lowest BCUT2D eigenvalue weighted by atomic mass is 10.1. The van der Waals surface area contributed by atoms with E-state index in [0.29, 0.717) is 16.2 Å². The highest BCUT2D eigenvalue weighted by molar-refractivity contribution is 6.30. The summed E-state index contributed by atoms with van der Waals surface area (Å²) in [6, 6.07) is 11.5. The molecule has 31 heavy (non-hydrogen) atoms. The molecular weight excluding hydrogens is 424 g/mol. The highest BCUT2D eigenvalue weighted by Crippen LogP contribution is 2.15. The molecule has 1 amide bonds. The standard InChI is InChI=1S/C20H15ClN6O4/c21-14-4-1-12(2-5-14)8-23-19(30)15-7-13-3-6-16(27-11-22-10-24-27)25-18(13)26(20(15)31)9-17(28)29/h1-7,10-11H,8-9H2,(H,23,30)(H,28,29). The number of hydrogen-bond acceptors (Lipinski definition) is 6. The van der Waals surface area contributed by atoms with Gasteiger partial charge in [0, 0.05) is 17.0 Å². The lowest BCUT2D eigenvalue weighted by molar-refractivity contribution is -0.137. The van der Waals surface area contributed by atoms with Crippen molar-refractivity contribution < 1.29 is 14.7 Å². The normalized spacial score (nSPS) is 10.9. The third kappa shape index (κ3) is 4.28. The van der Waals surface area contributed by atoms with Crippen LogP contribution in [0.4, 0.5) is 0 Å². The van der Waals surface area contributed by atoms with Gasteiger partial charge in [0.25, 0.3) is 11.5 Å². The molecule has 10 nitrogen and oxygen atoms in total. The third-order valence-corrected chi connectivity index (χ3v) is 4.73. The molecule has 0 atom stereocenters. The minimum absolute atomic E-state index is 0.120. The number of carboxylic acid groups (broad SMARTS) is 1.